The number of aromatic nitrogens is 1. The van der Waals surface area contributed by atoms with Gasteiger partial charge in [0.2, 0.25) is 0 Å². The highest BCUT2D eigenvalue weighted by molar-refractivity contribution is 7.13. The maximum absolute atomic E-state index is 12.5. The summed E-state index contributed by atoms with van der Waals surface area (Å²) in [5, 5.41) is 6.66. The van der Waals surface area contributed by atoms with E-state index in [-0.39, 0.29) is 11.9 Å². The van der Waals surface area contributed by atoms with E-state index in [1.807, 2.05) is 34.5 Å². The molecular weight excluding hydrogens is 306 g/mol. The summed E-state index contributed by atoms with van der Waals surface area (Å²) in [5.74, 6) is 0.0143. The average molecular weight is 322 g/mol. The Labute approximate surface area is 132 Å². The van der Waals surface area contributed by atoms with Gasteiger partial charge in [-0.15, -0.1) is 11.3 Å². The lowest BCUT2D eigenvalue weighted by Gasteiger charge is -2.33. The lowest BCUT2D eigenvalue weighted by Crippen LogP contribution is -2.52. The summed E-state index contributed by atoms with van der Waals surface area (Å²) in [7, 11) is 0. The van der Waals surface area contributed by atoms with Gasteiger partial charge in [-0.1, -0.05) is 23.7 Å². The quantitative estimate of drug-likeness (QED) is 0.925. The Bertz CT molecular complexity index is 641. The summed E-state index contributed by atoms with van der Waals surface area (Å²) < 4.78 is 0. The lowest BCUT2D eigenvalue weighted by atomic mass is 10.2. The van der Waals surface area contributed by atoms with Crippen LogP contribution in [-0.4, -0.2) is 41.5 Å². The highest BCUT2D eigenvalue weighted by Gasteiger charge is 2.25. The van der Waals surface area contributed by atoms with Gasteiger partial charge in [-0.3, -0.25) is 4.79 Å². The van der Waals surface area contributed by atoms with Crippen LogP contribution >= 0.6 is 22.9 Å². The van der Waals surface area contributed by atoms with Gasteiger partial charge in [0.15, 0.2) is 0 Å². The minimum Gasteiger partial charge on any atom is -0.332 e. The van der Waals surface area contributed by atoms with Crippen molar-refractivity contribution in [3.63, 3.8) is 0 Å². The largest absolute Gasteiger partial charge is 0.332 e. The third-order valence-electron chi connectivity index (χ3n) is 3.58. The van der Waals surface area contributed by atoms with Crippen molar-refractivity contribution in [2.75, 3.05) is 19.6 Å². The number of nitrogens with one attached hydrogen (secondary N) is 1. The van der Waals surface area contributed by atoms with Crippen LogP contribution in [0.1, 0.15) is 17.4 Å². The summed E-state index contributed by atoms with van der Waals surface area (Å²) in [5.41, 5.74) is 1.51. The van der Waals surface area contributed by atoms with E-state index in [0.717, 1.165) is 30.2 Å². The number of hydrogen-bond donors (Lipinski definition) is 1. The zero-order valence-electron chi connectivity index (χ0n) is 11.7. The normalized spacial score (nSPS) is 18.8. The Morgan fingerprint density at radius 1 is 1.43 bits per heavy atom. The monoisotopic (exact) mass is 321 g/mol. The summed E-state index contributed by atoms with van der Waals surface area (Å²) in [4.78, 5) is 18.9. The molecule has 1 saturated heterocycles. The molecule has 0 unspecified atom stereocenters. The van der Waals surface area contributed by atoms with Gasteiger partial charge in [0, 0.05) is 41.6 Å². The van der Waals surface area contributed by atoms with E-state index < -0.39 is 0 Å². The van der Waals surface area contributed by atoms with Crippen molar-refractivity contribution in [1.82, 2.24) is 15.2 Å². The molecule has 1 aliphatic heterocycles. The molecule has 3 rings (SSSR count). The minimum absolute atomic E-state index is 0.0143. The number of carbonyl (C=O) groups is 1. The Morgan fingerprint density at radius 2 is 2.19 bits per heavy atom. The van der Waals surface area contributed by atoms with Crippen LogP contribution in [0, 0.1) is 0 Å². The van der Waals surface area contributed by atoms with Gasteiger partial charge >= 0.3 is 0 Å². The Balaban J connectivity index is 1.81. The van der Waals surface area contributed by atoms with Crippen molar-refractivity contribution >= 4 is 28.8 Å². The first-order chi connectivity index (χ1) is 10.1. The SMILES string of the molecule is C[C@@H]1CNCCN1C(=O)c1csc(-c2ccc(Cl)cc2)n1. The molecule has 21 heavy (non-hydrogen) atoms. The first-order valence-corrected chi connectivity index (χ1v) is 8.14. The predicted octanol–water partition coefficient (Wildman–Crippen LogP) is 2.90. The topological polar surface area (TPSA) is 45.2 Å². The molecule has 1 amide bonds. The number of piperazine rings is 1. The molecule has 1 fully saturated rings. The summed E-state index contributed by atoms with van der Waals surface area (Å²) in [6, 6.07) is 7.70. The molecule has 110 valence electrons. The zero-order chi connectivity index (χ0) is 14.8. The second-order valence-electron chi connectivity index (χ2n) is 5.10. The van der Waals surface area contributed by atoms with Gasteiger partial charge in [0.05, 0.1) is 0 Å². The Kier molecular flexibility index (Phi) is 4.24. The van der Waals surface area contributed by atoms with Crippen molar-refractivity contribution in [2.45, 2.75) is 13.0 Å². The third-order valence-corrected chi connectivity index (χ3v) is 4.72. The van der Waals surface area contributed by atoms with E-state index in [0.29, 0.717) is 10.7 Å². The fourth-order valence-electron chi connectivity index (χ4n) is 2.39. The van der Waals surface area contributed by atoms with Gasteiger partial charge < -0.3 is 10.2 Å². The first kappa shape index (κ1) is 14.5. The van der Waals surface area contributed by atoms with Crippen molar-refractivity contribution in [3.05, 3.63) is 40.4 Å². The average Bonchev–Trinajstić information content (AvgIpc) is 2.98. The smallest absolute Gasteiger partial charge is 0.273 e. The molecule has 4 nitrogen and oxygen atoms in total. The molecule has 2 aromatic rings. The second-order valence-corrected chi connectivity index (χ2v) is 6.39. The highest BCUT2D eigenvalue weighted by atomic mass is 35.5. The molecule has 1 atom stereocenters. The van der Waals surface area contributed by atoms with Gasteiger partial charge in [0.25, 0.3) is 5.91 Å². The molecule has 0 aliphatic carbocycles. The maximum Gasteiger partial charge on any atom is 0.273 e. The van der Waals surface area contributed by atoms with Crippen LogP contribution in [0.15, 0.2) is 29.6 Å². The number of carbonyl (C=O) groups excluding carboxylic acids is 1. The Morgan fingerprint density at radius 3 is 2.90 bits per heavy atom. The molecule has 1 aliphatic rings. The number of amides is 1. The third kappa shape index (κ3) is 3.10. The number of nitrogens with zero attached hydrogens (tertiary/aromatic N) is 2. The predicted molar refractivity (Wildman–Crippen MR) is 85.9 cm³/mol. The van der Waals surface area contributed by atoms with E-state index in [1.54, 1.807) is 0 Å². The van der Waals surface area contributed by atoms with Crippen LogP contribution in [-0.2, 0) is 0 Å². The zero-order valence-corrected chi connectivity index (χ0v) is 13.2. The molecule has 2 heterocycles. The van der Waals surface area contributed by atoms with Crippen LogP contribution in [0.4, 0.5) is 0 Å². The van der Waals surface area contributed by atoms with Crippen LogP contribution < -0.4 is 5.32 Å². The first-order valence-electron chi connectivity index (χ1n) is 6.88. The summed E-state index contributed by atoms with van der Waals surface area (Å²) in [6.45, 7) is 4.45. The van der Waals surface area contributed by atoms with Crippen molar-refractivity contribution < 1.29 is 4.79 Å². The number of thiazole rings is 1. The van der Waals surface area contributed by atoms with Crippen LogP contribution in [0.3, 0.4) is 0 Å². The fourth-order valence-corrected chi connectivity index (χ4v) is 3.31. The molecule has 1 N–H and O–H groups in total. The second kappa shape index (κ2) is 6.13. The summed E-state index contributed by atoms with van der Waals surface area (Å²) >= 11 is 7.37. The number of rotatable bonds is 2. The Hall–Kier alpha value is -1.43. The molecule has 1 aromatic heterocycles. The highest BCUT2D eigenvalue weighted by Crippen LogP contribution is 2.26. The molecule has 0 spiro atoms. The van der Waals surface area contributed by atoms with Crippen molar-refractivity contribution in [2.24, 2.45) is 0 Å². The van der Waals surface area contributed by atoms with Crippen molar-refractivity contribution in [1.29, 1.82) is 0 Å². The maximum atomic E-state index is 12.5. The van der Waals surface area contributed by atoms with Gasteiger partial charge in [-0.2, -0.15) is 0 Å². The minimum atomic E-state index is 0.0143. The fraction of sp³-hybridized carbons (Fsp3) is 0.333. The molecular formula is C15H16ClN3OS. The standard InChI is InChI=1S/C15H16ClN3OS/c1-10-8-17-6-7-19(10)15(20)13-9-21-14(18-13)11-2-4-12(16)5-3-11/h2-5,9-10,17H,6-8H2,1H3/t10-/m1/s1. The van der Waals surface area contributed by atoms with E-state index in [1.165, 1.54) is 11.3 Å². The number of benzene rings is 1. The van der Waals surface area contributed by atoms with Crippen LogP contribution in [0.25, 0.3) is 10.6 Å². The van der Waals surface area contributed by atoms with E-state index in [4.69, 9.17) is 11.6 Å². The molecule has 1 aromatic carbocycles. The van der Waals surface area contributed by atoms with Gasteiger partial charge in [0.1, 0.15) is 10.7 Å². The van der Waals surface area contributed by atoms with E-state index in [9.17, 15) is 4.79 Å². The molecule has 0 bridgehead atoms. The van der Waals surface area contributed by atoms with E-state index >= 15 is 0 Å². The van der Waals surface area contributed by atoms with Crippen LogP contribution in [0.2, 0.25) is 5.02 Å². The molecule has 0 saturated carbocycles. The number of halogens is 1. The molecule has 0 radical (unpaired) electrons. The van der Waals surface area contributed by atoms with Gasteiger partial charge in [-0.05, 0) is 19.1 Å². The summed E-state index contributed by atoms with van der Waals surface area (Å²) in [6.07, 6.45) is 0. The lowest BCUT2D eigenvalue weighted by molar-refractivity contribution is 0.0650. The van der Waals surface area contributed by atoms with Crippen LogP contribution in [0.5, 0.6) is 0 Å². The number of hydrogen-bond acceptors (Lipinski definition) is 4. The van der Waals surface area contributed by atoms with Gasteiger partial charge in [-0.25, -0.2) is 4.98 Å². The van der Waals surface area contributed by atoms with Crippen molar-refractivity contribution in [3.8, 4) is 10.6 Å². The molecule has 6 heteroatoms. The van der Waals surface area contributed by atoms with E-state index in [2.05, 4.69) is 17.2 Å².